The van der Waals surface area contributed by atoms with E-state index in [1.165, 1.54) is 257 Å². The van der Waals surface area contributed by atoms with Crippen LogP contribution in [0, 0.1) is 0 Å². The van der Waals surface area contributed by atoms with Gasteiger partial charge in [-0.25, -0.2) is 0 Å². The second-order valence-electron chi connectivity index (χ2n) is 23.9. The Balaban J connectivity index is 3.47. The minimum absolute atomic E-state index is 0.0298. The van der Waals surface area contributed by atoms with Crippen molar-refractivity contribution < 1.29 is 15.0 Å². The van der Waals surface area contributed by atoms with Crippen molar-refractivity contribution in [3.8, 4) is 0 Å². The summed E-state index contributed by atoms with van der Waals surface area (Å²) in [7, 11) is 0. The maximum atomic E-state index is 12.6. The van der Waals surface area contributed by atoms with Gasteiger partial charge in [0.1, 0.15) is 0 Å². The van der Waals surface area contributed by atoms with E-state index in [9.17, 15) is 15.0 Å². The van der Waals surface area contributed by atoms with Crippen LogP contribution in [0.1, 0.15) is 361 Å². The highest BCUT2D eigenvalue weighted by molar-refractivity contribution is 5.76. The zero-order valence-corrected chi connectivity index (χ0v) is 53.6. The van der Waals surface area contributed by atoms with Crippen LogP contribution in [0.25, 0.3) is 0 Å². The van der Waals surface area contributed by atoms with Crippen LogP contribution in [0.5, 0.6) is 0 Å². The number of aliphatic hydroxyl groups is 2. The molecule has 0 heterocycles. The number of aliphatic hydroxyl groups excluding tert-OH is 2. The van der Waals surface area contributed by atoms with Crippen molar-refractivity contribution >= 4 is 5.91 Å². The molecule has 0 radical (unpaired) electrons. The molecule has 4 nitrogen and oxygen atoms in total. The summed E-state index contributed by atoms with van der Waals surface area (Å²) in [5.74, 6) is -0.0298. The van der Waals surface area contributed by atoms with Crippen molar-refractivity contribution in [2.24, 2.45) is 0 Å². The minimum Gasteiger partial charge on any atom is -0.394 e. The van der Waals surface area contributed by atoms with Gasteiger partial charge < -0.3 is 15.5 Å². The first kappa shape index (κ1) is 77.3. The van der Waals surface area contributed by atoms with Crippen LogP contribution < -0.4 is 5.32 Å². The standard InChI is InChI=1S/C76H137NO3/c1-3-5-7-9-11-13-15-17-19-21-23-25-27-29-31-33-34-35-36-37-38-39-40-41-42-44-46-48-50-52-54-56-58-60-62-64-66-68-70-72-76(80)77-74(73-78)75(79)71-69-67-65-63-61-59-57-55-53-51-49-47-45-43-32-30-28-26-24-22-20-18-16-14-12-10-8-6-4-2/h5,7,11,13,17,19,23,25,29,31,34-35,37-38,40-41,74-75,78-79H,3-4,6,8-10,12,14-16,18,20-22,24,26-28,30,32-33,36,39,42-73H2,1-2H3,(H,77,80)/b7-5-,13-11-,19-17-,25-23-,31-29-,35-34-,38-37-,41-40-. The predicted octanol–water partition coefficient (Wildman–Crippen LogP) is 24.4. The zero-order chi connectivity index (χ0) is 57.6. The molecule has 0 saturated heterocycles. The molecular formula is C76H137NO3. The van der Waals surface area contributed by atoms with Gasteiger partial charge in [-0.3, -0.25) is 4.79 Å². The highest BCUT2D eigenvalue weighted by atomic mass is 16.3. The maximum Gasteiger partial charge on any atom is 0.220 e. The molecule has 0 aliphatic rings. The van der Waals surface area contributed by atoms with Gasteiger partial charge >= 0.3 is 0 Å². The number of carbonyl (C=O) groups excluding carboxylic acids is 1. The van der Waals surface area contributed by atoms with E-state index in [1.807, 2.05) is 0 Å². The van der Waals surface area contributed by atoms with Crippen LogP contribution in [0.2, 0.25) is 0 Å². The Morgan fingerprint density at radius 2 is 0.550 bits per heavy atom. The number of hydrogen-bond acceptors (Lipinski definition) is 3. The van der Waals surface area contributed by atoms with E-state index in [0.29, 0.717) is 12.8 Å². The molecule has 2 atom stereocenters. The quantitative estimate of drug-likeness (QED) is 0.0420. The number of carbonyl (C=O) groups is 1. The van der Waals surface area contributed by atoms with Gasteiger partial charge in [-0.15, -0.1) is 0 Å². The molecule has 3 N–H and O–H groups in total. The fraction of sp³-hybridized carbons (Fsp3) is 0.776. The molecule has 0 bridgehead atoms. The van der Waals surface area contributed by atoms with Gasteiger partial charge in [0.15, 0.2) is 0 Å². The Morgan fingerprint density at radius 1 is 0.312 bits per heavy atom. The Labute approximate surface area is 500 Å². The number of nitrogens with one attached hydrogen (secondary N) is 1. The number of rotatable bonds is 65. The van der Waals surface area contributed by atoms with Gasteiger partial charge in [0.05, 0.1) is 18.8 Å². The lowest BCUT2D eigenvalue weighted by atomic mass is 10.0. The summed E-state index contributed by atoms with van der Waals surface area (Å²) in [5.41, 5.74) is 0. The summed E-state index contributed by atoms with van der Waals surface area (Å²) in [6, 6.07) is -0.543. The van der Waals surface area contributed by atoms with E-state index in [-0.39, 0.29) is 12.5 Å². The van der Waals surface area contributed by atoms with Gasteiger partial charge in [-0.1, -0.05) is 374 Å². The van der Waals surface area contributed by atoms with Crippen molar-refractivity contribution in [2.45, 2.75) is 373 Å². The van der Waals surface area contributed by atoms with Crippen LogP contribution in [0.15, 0.2) is 97.2 Å². The smallest absolute Gasteiger partial charge is 0.220 e. The second kappa shape index (κ2) is 70.6. The fourth-order valence-electron chi connectivity index (χ4n) is 10.8. The number of allylic oxidation sites excluding steroid dienone is 16. The van der Waals surface area contributed by atoms with Crippen LogP contribution in [-0.2, 0) is 4.79 Å². The molecule has 0 rings (SSSR count). The lowest BCUT2D eigenvalue weighted by Gasteiger charge is -2.22. The monoisotopic (exact) mass is 1110 g/mol. The molecule has 0 aromatic heterocycles. The number of amides is 1. The minimum atomic E-state index is -0.666. The zero-order valence-electron chi connectivity index (χ0n) is 53.6. The molecule has 0 aliphatic heterocycles. The average Bonchev–Trinajstić information content (AvgIpc) is 3.46. The van der Waals surface area contributed by atoms with Crippen molar-refractivity contribution in [1.82, 2.24) is 5.32 Å². The third-order valence-electron chi connectivity index (χ3n) is 16.1. The first-order chi connectivity index (χ1) is 39.7. The molecule has 80 heavy (non-hydrogen) atoms. The Bertz CT molecular complexity index is 1450. The summed E-state index contributed by atoms with van der Waals surface area (Å²) >= 11 is 0. The van der Waals surface area contributed by atoms with E-state index in [1.54, 1.807) is 0 Å². The van der Waals surface area contributed by atoms with Crippen LogP contribution in [0.4, 0.5) is 0 Å². The first-order valence-electron chi connectivity index (χ1n) is 35.4. The molecule has 2 unspecified atom stereocenters. The molecule has 4 heteroatoms. The average molecular weight is 1110 g/mol. The van der Waals surface area contributed by atoms with Crippen molar-refractivity contribution in [3.05, 3.63) is 97.2 Å². The van der Waals surface area contributed by atoms with Gasteiger partial charge in [-0.2, -0.15) is 0 Å². The molecule has 1 amide bonds. The third-order valence-corrected chi connectivity index (χ3v) is 16.1. The SMILES string of the molecule is CC/C=C\C/C=C\C/C=C\C/C=C\C/C=C\C/C=C\C/C=C\C/C=C\CCCCCCCCCCCCCCCCC(=O)NC(CO)C(O)CCCCCCCCCCCCCCCCCCCCCCCCCCCCCCC. The molecule has 0 saturated carbocycles. The highest BCUT2D eigenvalue weighted by Crippen LogP contribution is 2.19. The van der Waals surface area contributed by atoms with Crippen LogP contribution >= 0.6 is 0 Å². The van der Waals surface area contributed by atoms with Gasteiger partial charge in [0.25, 0.3) is 0 Å². The number of unbranched alkanes of at least 4 members (excludes halogenated alkanes) is 42. The van der Waals surface area contributed by atoms with Crippen LogP contribution in [0.3, 0.4) is 0 Å². The molecule has 0 spiro atoms. The molecule has 0 aromatic carbocycles. The summed E-state index contributed by atoms with van der Waals surface area (Å²) in [6.07, 6.45) is 105. The Kier molecular flexibility index (Phi) is 68.2. The predicted molar refractivity (Wildman–Crippen MR) is 359 cm³/mol. The normalized spacial score (nSPS) is 13.3. The van der Waals surface area contributed by atoms with E-state index in [2.05, 4.69) is 116 Å². The highest BCUT2D eigenvalue weighted by Gasteiger charge is 2.20. The first-order valence-corrected chi connectivity index (χ1v) is 35.4. The third kappa shape index (κ3) is 66.1. The number of hydrogen-bond donors (Lipinski definition) is 3. The summed E-state index contributed by atoms with van der Waals surface area (Å²) in [5, 5.41) is 23.5. The van der Waals surface area contributed by atoms with Gasteiger partial charge in [0, 0.05) is 6.42 Å². The van der Waals surface area contributed by atoms with E-state index in [0.717, 1.165) is 77.0 Å². The molecule has 0 aliphatic carbocycles. The largest absolute Gasteiger partial charge is 0.394 e. The topological polar surface area (TPSA) is 69.6 Å². The van der Waals surface area contributed by atoms with Gasteiger partial charge in [-0.05, 0) is 77.0 Å². The van der Waals surface area contributed by atoms with Crippen LogP contribution in [-0.4, -0.2) is 34.9 Å². The lowest BCUT2D eigenvalue weighted by molar-refractivity contribution is -0.123. The molecule has 464 valence electrons. The Hall–Kier alpha value is -2.69. The van der Waals surface area contributed by atoms with Crippen molar-refractivity contribution in [2.75, 3.05) is 6.61 Å². The molecule has 0 aromatic rings. The fourth-order valence-corrected chi connectivity index (χ4v) is 10.8. The summed E-state index contributed by atoms with van der Waals surface area (Å²) in [6.45, 7) is 4.28. The second-order valence-corrected chi connectivity index (χ2v) is 23.9. The van der Waals surface area contributed by atoms with E-state index >= 15 is 0 Å². The van der Waals surface area contributed by atoms with E-state index < -0.39 is 12.1 Å². The lowest BCUT2D eigenvalue weighted by Crippen LogP contribution is -2.45. The maximum absolute atomic E-state index is 12.6. The molecular weight excluding hydrogens is 975 g/mol. The van der Waals surface area contributed by atoms with Crippen molar-refractivity contribution in [1.29, 1.82) is 0 Å². The summed E-state index contributed by atoms with van der Waals surface area (Å²) in [4.78, 5) is 12.6. The van der Waals surface area contributed by atoms with E-state index in [4.69, 9.17) is 0 Å². The van der Waals surface area contributed by atoms with Gasteiger partial charge in [0.2, 0.25) is 5.91 Å². The Morgan fingerprint density at radius 3 is 0.825 bits per heavy atom. The summed E-state index contributed by atoms with van der Waals surface area (Å²) < 4.78 is 0. The van der Waals surface area contributed by atoms with Crippen molar-refractivity contribution in [3.63, 3.8) is 0 Å². The molecule has 0 fully saturated rings.